The molecule has 2 rings (SSSR count). The van der Waals surface area contributed by atoms with E-state index in [9.17, 15) is 13.2 Å². The van der Waals surface area contributed by atoms with E-state index < -0.39 is 11.7 Å². The number of hydrogen-bond acceptors (Lipinski definition) is 2. The van der Waals surface area contributed by atoms with E-state index in [2.05, 4.69) is 10.2 Å². The summed E-state index contributed by atoms with van der Waals surface area (Å²) in [5.41, 5.74) is -0.282. The topological polar surface area (TPSA) is 24.7 Å². The first-order valence-corrected chi connectivity index (χ1v) is 5.68. The number of benzene rings is 2. The Morgan fingerprint density at radius 3 is 2.21 bits per heavy atom. The monoisotopic (exact) mass is 284 g/mol. The highest BCUT2D eigenvalue weighted by molar-refractivity contribution is 6.32. The van der Waals surface area contributed by atoms with Gasteiger partial charge in [0.05, 0.1) is 16.3 Å². The molecule has 2 aromatic rings. The molecule has 0 amide bonds. The standard InChI is InChI=1S/C13H8ClF3N2/c14-11-7-6-9(13(15,16)17)8-12(11)19-18-10-4-2-1-3-5-10/h1-8H. The lowest BCUT2D eigenvalue weighted by Crippen LogP contribution is -2.03. The Kier molecular flexibility index (Phi) is 3.85. The molecule has 0 bridgehead atoms. The van der Waals surface area contributed by atoms with Crippen molar-refractivity contribution in [2.24, 2.45) is 10.2 Å². The summed E-state index contributed by atoms with van der Waals surface area (Å²) in [6.45, 7) is 0. The molecule has 0 aliphatic carbocycles. The summed E-state index contributed by atoms with van der Waals surface area (Å²) in [4.78, 5) is 0. The third-order valence-electron chi connectivity index (χ3n) is 2.30. The van der Waals surface area contributed by atoms with Gasteiger partial charge >= 0.3 is 6.18 Å². The van der Waals surface area contributed by atoms with Gasteiger partial charge in [-0.15, -0.1) is 5.11 Å². The van der Waals surface area contributed by atoms with E-state index in [0.29, 0.717) is 5.69 Å². The lowest BCUT2D eigenvalue weighted by molar-refractivity contribution is -0.137. The van der Waals surface area contributed by atoms with Crippen molar-refractivity contribution < 1.29 is 13.2 Å². The molecule has 0 unspecified atom stereocenters. The van der Waals surface area contributed by atoms with E-state index in [1.54, 1.807) is 30.3 Å². The Bertz CT molecular complexity index is 595. The normalized spacial score (nSPS) is 12.0. The molecule has 0 aliphatic rings. The van der Waals surface area contributed by atoms with Crippen LogP contribution < -0.4 is 0 Å². The first-order chi connectivity index (χ1) is 8.97. The number of rotatable bonds is 2. The van der Waals surface area contributed by atoms with Crippen molar-refractivity contribution in [3.8, 4) is 0 Å². The molecule has 0 aliphatic heterocycles. The molecule has 0 N–H and O–H groups in total. The number of alkyl halides is 3. The molecule has 0 heterocycles. The van der Waals surface area contributed by atoms with Gasteiger partial charge in [0.1, 0.15) is 5.69 Å². The molecule has 2 aromatic carbocycles. The summed E-state index contributed by atoms with van der Waals surface area (Å²) in [6, 6.07) is 11.6. The average molecular weight is 285 g/mol. The van der Waals surface area contributed by atoms with Crippen molar-refractivity contribution in [2.45, 2.75) is 6.18 Å². The van der Waals surface area contributed by atoms with E-state index in [0.717, 1.165) is 18.2 Å². The number of hydrogen-bond donors (Lipinski definition) is 0. The van der Waals surface area contributed by atoms with Gasteiger partial charge in [-0.1, -0.05) is 29.8 Å². The summed E-state index contributed by atoms with van der Waals surface area (Å²) in [5.74, 6) is 0. The maximum atomic E-state index is 12.5. The Hall–Kier alpha value is -1.88. The first-order valence-electron chi connectivity index (χ1n) is 5.30. The molecule has 0 aromatic heterocycles. The Morgan fingerprint density at radius 2 is 1.58 bits per heavy atom. The van der Waals surface area contributed by atoms with Crippen LogP contribution in [0.2, 0.25) is 5.02 Å². The predicted molar refractivity (Wildman–Crippen MR) is 67.1 cm³/mol. The van der Waals surface area contributed by atoms with Crippen molar-refractivity contribution >= 4 is 23.0 Å². The minimum Gasteiger partial charge on any atom is -0.166 e. The highest BCUT2D eigenvalue weighted by Gasteiger charge is 2.30. The van der Waals surface area contributed by atoms with Gasteiger partial charge in [-0.2, -0.15) is 18.3 Å². The molecule has 98 valence electrons. The van der Waals surface area contributed by atoms with Crippen molar-refractivity contribution in [1.82, 2.24) is 0 Å². The molecule has 0 atom stereocenters. The Morgan fingerprint density at radius 1 is 0.895 bits per heavy atom. The quantitative estimate of drug-likeness (QED) is 0.625. The summed E-state index contributed by atoms with van der Waals surface area (Å²) in [6.07, 6.45) is -4.43. The van der Waals surface area contributed by atoms with Gasteiger partial charge in [0.15, 0.2) is 0 Å². The molecular formula is C13H8ClF3N2. The van der Waals surface area contributed by atoms with E-state index in [-0.39, 0.29) is 10.7 Å². The molecule has 6 heteroatoms. The van der Waals surface area contributed by atoms with Gasteiger partial charge in [-0.3, -0.25) is 0 Å². The van der Waals surface area contributed by atoms with Gasteiger partial charge in [-0.25, -0.2) is 0 Å². The summed E-state index contributed by atoms with van der Waals surface area (Å²) < 4.78 is 37.6. The van der Waals surface area contributed by atoms with Crippen molar-refractivity contribution in [3.05, 3.63) is 59.1 Å². The van der Waals surface area contributed by atoms with Crippen LogP contribution in [-0.2, 0) is 6.18 Å². The van der Waals surface area contributed by atoms with E-state index in [1.807, 2.05) is 0 Å². The van der Waals surface area contributed by atoms with Crippen molar-refractivity contribution in [1.29, 1.82) is 0 Å². The summed E-state index contributed by atoms with van der Waals surface area (Å²) >= 11 is 5.79. The van der Waals surface area contributed by atoms with Crippen molar-refractivity contribution in [3.63, 3.8) is 0 Å². The maximum Gasteiger partial charge on any atom is 0.416 e. The van der Waals surface area contributed by atoms with Gasteiger partial charge in [0.2, 0.25) is 0 Å². The van der Waals surface area contributed by atoms with Crippen LogP contribution in [0.1, 0.15) is 5.56 Å². The molecule has 0 fully saturated rings. The zero-order chi connectivity index (χ0) is 13.9. The average Bonchev–Trinajstić information content (AvgIpc) is 2.37. The van der Waals surface area contributed by atoms with Crippen LogP contribution in [0.25, 0.3) is 0 Å². The second-order valence-electron chi connectivity index (χ2n) is 3.70. The van der Waals surface area contributed by atoms with Crippen molar-refractivity contribution in [2.75, 3.05) is 0 Å². The molecule has 0 saturated carbocycles. The minimum absolute atomic E-state index is 0.0136. The van der Waals surface area contributed by atoms with Crippen LogP contribution in [0.15, 0.2) is 58.8 Å². The number of nitrogens with zero attached hydrogens (tertiary/aromatic N) is 2. The number of azo groups is 1. The van der Waals surface area contributed by atoms with E-state index in [4.69, 9.17) is 11.6 Å². The largest absolute Gasteiger partial charge is 0.416 e. The Balaban J connectivity index is 2.32. The second-order valence-corrected chi connectivity index (χ2v) is 4.11. The van der Waals surface area contributed by atoms with E-state index in [1.165, 1.54) is 0 Å². The van der Waals surface area contributed by atoms with Crippen LogP contribution in [0, 0.1) is 0 Å². The maximum absolute atomic E-state index is 12.5. The molecule has 0 spiro atoms. The summed E-state index contributed by atoms with van der Waals surface area (Å²) in [7, 11) is 0. The van der Waals surface area contributed by atoms with Crippen LogP contribution in [0.3, 0.4) is 0 Å². The zero-order valence-electron chi connectivity index (χ0n) is 9.53. The lowest BCUT2D eigenvalue weighted by Gasteiger charge is -2.07. The molecule has 19 heavy (non-hydrogen) atoms. The van der Waals surface area contributed by atoms with Gasteiger partial charge in [0.25, 0.3) is 0 Å². The molecule has 0 saturated heterocycles. The van der Waals surface area contributed by atoms with Crippen LogP contribution in [0.4, 0.5) is 24.5 Å². The minimum atomic E-state index is -4.43. The van der Waals surface area contributed by atoms with Gasteiger partial charge in [0, 0.05) is 0 Å². The molecule has 2 nitrogen and oxygen atoms in total. The van der Waals surface area contributed by atoms with E-state index >= 15 is 0 Å². The fourth-order valence-electron chi connectivity index (χ4n) is 1.37. The van der Waals surface area contributed by atoms with Crippen LogP contribution in [0.5, 0.6) is 0 Å². The third kappa shape index (κ3) is 3.54. The second kappa shape index (κ2) is 5.40. The third-order valence-corrected chi connectivity index (χ3v) is 2.62. The predicted octanol–water partition coefficient (Wildman–Crippen LogP) is 5.77. The smallest absolute Gasteiger partial charge is 0.166 e. The summed E-state index contributed by atoms with van der Waals surface area (Å²) in [5, 5.41) is 7.70. The molecular weight excluding hydrogens is 277 g/mol. The number of halogens is 4. The van der Waals surface area contributed by atoms with Gasteiger partial charge in [-0.05, 0) is 30.3 Å². The lowest BCUT2D eigenvalue weighted by atomic mass is 10.2. The highest BCUT2D eigenvalue weighted by atomic mass is 35.5. The highest BCUT2D eigenvalue weighted by Crippen LogP contribution is 2.35. The fraction of sp³-hybridized carbons (Fsp3) is 0.0769. The molecule has 0 radical (unpaired) electrons. The SMILES string of the molecule is FC(F)(F)c1ccc(Cl)c(N=Nc2ccccc2)c1. The zero-order valence-corrected chi connectivity index (χ0v) is 10.3. The van der Waals surface area contributed by atoms with Crippen LogP contribution >= 0.6 is 11.6 Å². The fourth-order valence-corrected chi connectivity index (χ4v) is 1.53. The first kappa shape index (κ1) is 13.5. The van der Waals surface area contributed by atoms with Crippen LogP contribution in [-0.4, -0.2) is 0 Å². The van der Waals surface area contributed by atoms with Gasteiger partial charge < -0.3 is 0 Å². The Labute approximate surface area is 112 Å².